The van der Waals surface area contributed by atoms with E-state index >= 15 is 0 Å². The van der Waals surface area contributed by atoms with Crippen LogP contribution in [0, 0.1) is 0 Å². The summed E-state index contributed by atoms with van der Waals surface area (Å²) in [6.07, 6.45) is 9.04. The Bertz CT molecular complexity index is 965. The van der Waals surface area contributed by atoms with Crippen LogP contribution >= 0.6 is 0 Å². The van der Waals surface area contributed by atoms with Crippen LogP contribution in [0.5, 0.6) is 0 Å². The van der Waals surface area contributed by atoms with Gasteiger partial charge in [0.15, 0.2) is 0 Å². The number of carbonyl (C=O) groups excluding carboxylic acids is 1. The SMILES string of the molecule is COC1CCC(NC(=O)c2cc(-n3ccnc3)cc3[nH]c(=O)[nH]c23)CC1. The smallest absolute Gasteiger partial charge is 0.323 e. The zero-order valence-electron chi connectivity index (χ0n) is 14.5. The highest BCUT2D eigenvalue weighted by Crippen LogP contribution is 2.23. The quantitative estimate of drug-likeness (QED) is 0.663. The van der Waals surface area contributed by atoms with Gasteiger partial charge in [0, 0.05) is 31.2 Å². The molecule has 1 saturated carbocycles. The number of ether oxygens (including phenoxy) is 1. The summed E-state index contributed by atoms with van der Waals surface area (Å²) in [5, 5.41) is 3.10. The number of aromatic nitrogens is 4. The van der Waals surface area contributed by atoms with Gasteiger partial charge in [0.25, 0.3) is 5.91 Å². The second kappa shape index (κ2) is 6.80. The van der Waals surface area contributed by atoms with E-state index in [1.54, 1.807) is 36.5 Å². The summed E-state index contributed by atoms with van der Waals surface area (Å²) >= 11 is 0. The minimum absolute atomic E-state index is 0.117. The van der Waals surface area contributed by atoms with Crippen LogP contribution in [0.4, 0.5) is 0 Å². The Labute approximate surface area is 149 Å². The number of carbonyl (C=O) groups is 1. The van der Waals surface area contributed by atoms with Crippen molar-refractivity contribution in [2.75, 3.05) is 7.11 Å². The first-order chi connectivity index (χ1) is 12.6. The predicted molar refractivity (Wildman–Crippen MR) is 96.6 cm³/mol. The van der Waals surface area contributed by atoms with Crippen molar-refractivity contribution in [1.82, 2.24) is 24.8 Å². The fourth-order valence-electron chi connectivity index (χ4n) is 3.57. The number of rotatable bonds is 4. The highest BCUT2D eigenvalue weighted by molar-refractivity contribution is 6.05. The molecule has 0 saturated heterocycles. The third-order valence-corrected chi connectivity index (χ3v) is 5.00. The Morgan fingerprint density at radius 1 is 1.27 bits per heavy atom. The Kier molecular flexibility index (Phi) is 4.34. The normalized spacial score (nSPS) is 20.3. The van der Waals surface area contributed by atoms with Crippen molar-refractivity contribution < 1.29 is 9.53 Å². The van der Waals surface area contributed by atoms with Crippen molar-refractivity contribution in [3.05, 3.63) is 46.9 Å². The summed E-state index contributed by atoms with van der Waals surface area (Å²) in [6, 6.07) is 3.70. The lowest BCUT2D eigenvalue weighted by Crippen LogP contribution is -2.39. The van der Waals surface area contributed by atoms with E-state index in [1.807, 2.05) is 6.07 Å². The Morgan fingerprint density at radius 2 is 2.08 bits per heavy atom. The Balaban J connectivity index is 1.64. The summed E-state index contributed by atoms with van der Waals surface area (Å²) in [7, 11) is 1.73. The molecule has 26 heavy (non-hydrogen) atoms. The number of imidazole rings is 2. The minimum atomic E-state index is -0.336. The van der Waals surface area contributed by atoms with Crippen molar-refractivity contribution in [3.8, 4) is 5.69 Å². The number of nitrogens with zero attached hydrogens (tertiary/aromatic N) is 2. The van der Waals surface area contributed by atoms with Crippen molar-refractivity contribution in [3.63, 3.8) is 0 Å². The van der Waals surface area contributed by atoms with E-state index in [4.69, 9.17) is 4.74 Å². The van der Waals surface area contributed by atoms with Gasteiger partial charge in [-0.25, -0.2) is 9.78 Å². The molecule has 2 aromatic heterocycles. The number of hydrogen-bond acceptors (Lipinski definition) is 4. The molecule has 136 valence electrons. The van der Waals surface area contributed by atoms with Gasteiger partial charge in [0.05, 0.1) is 29.0 Å². The van der Waals surface area contributed by atoms with E-state index < -0.39 is 0 Å². The van der Waals surface area contributed by atoms with Crippen molar-refractivity contribution in [2.45, 2.75) is 37.8 Å². The van der Waals surface area contributed by atoms with Crippen LogP contribution in [0.25, 0.3) is 16.7 Å². The first-order valence-electron chi connectivity index (χ1n) is 8.72. The topological polar surface area (TPSA) is 105 Å². The molecule has 1 amide bonds. The molecule has 0 spiro atoms. The van der Waals surface area contributed by atoms with Crippen LogP contribution in [-0.2, 0) is 4.74 Å². The van der Waals surface area contributed by atoms with Gasteiger partial charge in [0.2, 0.25) is 0 Å². The molecule has 8 heteroatoms. The van der Waals surface area contributed by atoms with Gasteiger partial charge in [0.1, 0.15) is 0 Å². The monoisotopic (exact) mass is 355 g/mol. The number of amides is 1. The van der Waals surface area contributed by atoms with Crippen molar-refractivity contribution >= 4 is 16.9 Å². The average Bonchev–Trinajstić information content (AvgIpc) is 3.30. The second-order valence-electron chi connectivity index (χ2n) is 6.65. The lowest BCUT2D eigenvalue weighted by Gasteiger charge is -2.28. The van der Waals surface area contributed by atoms with Crippen LogP contribution in [0.15, 0.2) is 35.6 Å². The zero-order chi connectivity index (χ0) is 18.1. The Hall–Kier alpha value is -2.87. The van der Waals surface area contributed by atoms with Gasteiger partial charge in [-0.2, -0.15) is 0 Å². The number of benzene rings is 1. The molecule has 0 aliphatic heterocycles. The third kappa shape index (κ3) is 3.15. The molecule has 3 N–H and O–H groups in total. The van der Waals surface area contributed by atoms with Crippen molar-refractivity contribution in [1.29, 1.82) is 0 Å². The minimum Gasteiger partial charge on any atom is -0.381 e. The summed E-state index contributed by atoms with van der Waals surface area (Å²) in [5.41, 5.74) is 1.98. The number of H-pyrrole nitrogens is 2. The number of fused-ring (bicyclic) bond motifs is 1. The summed E-state index contributed by atoms with van der Waals surface area (Å²) in [4.78, 5) is 34.1. The van der Waals surface area contributed by atoms with Gasteiger partial charge in [-0.1, -0.05) is 0 Å². The fraction of sp³-hybridized carbons (Fsp3) is 0.389. The van der Waals surface area contributed by atoms with E-state index in [2.05, 4.69) is 20.3 Å². The maximum atomic E-state index is 12.9. The molecule has 2 heterocycles. The van der Waals surface area contributed by atoms with Gasteiger partial charge >= 0.3 is 5.69 Å². The summed E-state index contributed by atoms with van der Waals surface area (Å²) < 4.78 is 7.18. The molecule has 1 aliphatic rings. The van der Waals surface area contributed by atoms with E-state index in [1.165, 1.54) is 0 Å². The summed E-state index contributed by atoms with van der Waals surface area (Å²) in [6.45, 7) is 0. The number of nitrogens with one attached hydrogen (secondary N) is 3. The van der Waals surface area contributed by atoms with Crippen LogP contribution < -0.4 is 11.0 Å². The molecule has 1 aromatic carbocycles. The first kappa shape index (κ1) is 16.6. The molecular formula is C18H21N5O3. The van der Waals surface area contributed by atoms with E-state index in [0.717, 1.165) is 31.4 Å². The lowest BCUT2D eigenvalue weighted by atomic mass is 9.92. The first-order valence-corrected chi connectivity index (χ1v) is 8.72. The molecule has 0 radical (unpaired) electrons. The van der Waals surface area contributed by atoms with Gasteiger partial charge in [-0.15, -0.1) is 0 Å². The van der Waals surface area contributed by atoms with Gasteiger partial charge in [-0.3, -0.25) is 4.79 Å². The van der Waals surface area contributed by atoms with Crippen LogP contribution in [0.2, 0.25) is 0 Å². The van der Waals surface area contributed by atoms with Crippen molar-refractivity contribution in [2.24, 2.45) is 0 Å². The maximum Gasteiger partial charge on any atom is 0.323 e. The third-order valence-electron chi connectivity index (χ3n) is 5.00. The molecule has 0 bridgehead atoms. The Morgan fingerprint density at radius 3 is 2.77 bits per heavy atom. The standard InChI is InChI=1S/C18H21N5O3/c1-26-13-4-2-11(3-5-13)20-17(24)14-8-12(23-7-6-19-10-23)9-15-16(14)22-18(25)21-15/h6-11,13H,2-5H2,1H3,(H,20,24)(H2,21,22,25). The largest absolute Gasteiger partial charge is 0.381 e. The second-order valence-corrected chi connectivity index (χ2v) is 6.65. The lowest BCUT2D eigenvalue weighted by molar-refractivity contribution is 0.0599. The summed E-state index contributed by atoms with van der Waals surface area (Å²) in [5.74, 6) is -0.187. The van der Waals surface area contributed by atoms with Gasteiger partial charge < -0.3 is 24.6 Å². The molecule has 4 rings (SSSR count). The van der Waals surface area contributed by atoms with E-state index in [0.29, 0.717) is 16.6 Å². The fourth-order valence-corrected chi connectivity index (χ4v) is 3.57. The maximum absolute atomic E-state index is 12.9. The van der Waals surface area contributed by atoms with Crippen LogP contribution in [-0.4, -0.2) is 44.7 Å². The van der Waals surface area contributed by atoms with Crippen LogP contribution in [0.3, 0.4) is 0 Å². The molecule has 0 unspecified atom stereocenters. The predicted octanol–water partition coefficient (Wildman–Crippen LogP) is 1.73. The molecule has 8 nitrogen and oxygen atoms in total. The zero-order valence-corrected chi connectivity index (χ0v) is 14.5. The molecular weight excluding hydrogens is 334 g/mol. The number of aromatic amines is 2. The molecule has 3 aromatic rings. The molecule has 0 atom stereocenters. The average molecular weight is 355 g/mol. The molecule has 1 fully saturated rings. The number of hydrogen-bond donors (Lipinski definition) is 3. The van der Waals surface area contributed by atoms with E-state index in [9.17, 15) is 9.59 Å². The van der Waals surface area contributed by atoms with Crippen LogP contribution in [0.1, 0.15) is 36.0 Å². The van der Waals surface area contributed by atoms with E-state index in [-0.39, 0.29) is 23.7 Å². The highest BCUT2D eigenvalue weighted by Gasteiger charge is 2.24. The highest BCUT2D eigenvalue weighted by atomic mass is 16.5. The van der Waals surface area contributed by atoms with Gasteiger partial charge in [-0.05, 0) is 37.8 Å². The number of methoxy groups -OCH3 is 1. The molecule has 1 aliphatic carbocycles.